The SMILES string of the molecule is CC(C)(NC(=O)O)c1nc(Br)c2ccccn12. The second kappa shape index (κ2) is 4.03. The smallest absolute Gasteiger partial charge is 0.405 e. The van der Waals surface area contributed by atoms with E-state index in [0.29, 0.717) is 10.4 Å². The van der Waals surface area contributed by atoms with Crippen LogP contribution in [0.2, 0.25) is 0 Å². The number of nitrogens with zero attached hydrogens (tertiary/aromatic N) is 2. The molecule has 0 bridgehead atoms. The molecule has 2 rings (SSSR count). The minimum atomic E-state index is -1.07. The number of imidazole rings is 1. The summed E-state index contributed by atoms with van der Waals surface area (Å²) in [4.78, 5) is 15.1. The first kappa shape index (κ1) is 11.9. The van der Waals surface area contributed by atoms with Crippen molar-refractivity contribution in [3.63, 3.8) is 0 Å². The van der Waals surface area contributed by atoms with Crippen molar-refractivity contribution in [2.24, 2.45) is 0 Å². The fourth-order valence-electron chi connectivity index (χ4n) is 1.76. The van der Waals surface area contributed by atoms with Gasteiger partial charge in [-0.05, 0) is 41.9 Å². The fourth-order valence-corrected chi connectivity index (χ4v) is 2.26. The Morgan fingerprint density at radius 3 is 2.88 bits per heavy atom. The Labute approximate surface area is 107 Å². The first-order chi connectivity index (χ1) is 7.92. The number of hydrogen-bond acceptors (Lipinski definition) is 2. The Kier molecular flexibility index (Phi) is 2.82. The number of hydrogen-bond donors (Lipinski definition) is 2. The zero-order valence-electron chi connectivity index (χ0n) is 9.44. The molecule has 0 fully saturated rings. The summed E-state index contributed by atoms with van der Waals surface area (Å²) in [5, 5.41) is 11.3. The van der Waals surface area contributed by atoms with E-state index in [4.69, 9.17) is 5.11 Å². The van der Waals surface area contributed by atoms with Crippen molar-refractivity contribution in [3.05, 3.63) is 34.8 Å². The number of amides is 1. The Bertz CT molecular complexity index is 577. The standard InChI is InChI=1S/C11H12BrN3O2/c1-11(2,14-10(16)17)9-13-8(12)7-5-3-4-6-15(7)9/h3-6,14H,1-2H3,(H,16,17). The number of rotatable bonds is 2. The molecular formula is C11H12BrN3O2. The molecule has 0 aliphatic heterocycles. The molecule has 0 atom stereocenters. The number of nitrogens with one attached hydrogen (secondary N) is 1. The molecule has 1 amide bonds. The molecule has 2 heterocycles. The summed E-state index contributed by atoms with van der Waals surface area (Å²) < 4.78 is 2.56. The number of carboxylic acid groups (broad SMARTS) is 1. The number of fused-ring (bicyclic) bond motifs is 1. The van der Waals surface area contributed by atoms with E-state index < -0.39 is 11.6 Å². The molecule has 90 valence electrons. The lowest BCUT2D eigenvalue weighted by molar-refractivity contribution is 0.181. The van der Waals surface area contributed by atoms with E-state index in [0.717, 1.165) is 5.52 Å². The highest BCUT2D eigenvalue weighted by atomic mass is 79.9. The van der Waals surface area contributed by atoms with Crippen molar-refractivity contribution >= 4 is 27.5 Å². The van der Waals surface area contributed by atoms with Gasteiger partial charge >= 0.3 is 6.09 Å². The minimum absolute atomic E-state index is 0.641. The van der Waals surface area contributed by atoms with E-state index in [-0.39, 0.29) is 0 Å². The molecule has 0 radical (unpaired) electrons. The molecule has 5 nitrogen and oxygen atoms in total. The summed E-state index contributed by atoms with van der Waals surface area (Å²) in [6, 6.07) is 5.70. The molecule has 0 unspecified atom stereocenters. The van der Waals surface area contributed by atoms with Crippen molar-refractivity contribution < 1.29 is 9.90 Å². The monoisotopic (exact) mass is 297 g/mol. The maximum Gasteiger partial charge on any atom is 0.405 e. The van der Waals surface area contributed by atoms with Crippen molar-refractivity contribution in [3.8, 4) is 0 Å². The number of pyridine rings is 1. The van der Waals surface area contributed by atoms with Gasteiger partial charge in [0.25, 0.3) is 0 Å². The summed E-state index contributed by atoms with van der Waals surface area (Å²) in [5.41, 5.74) is 0.144. The molecular weight excluding hydrogens is 286 g/mol. The lowest BCUT2D eigenvalue weighted by atomic mass is 10.1. The van der Waals surface area contributed by atoms with Crippen LogP contribution in [0.15, 0.2) is 29.0 Å². The third-order valence-electron chi connectivity index (χ3n) is 2.48. The van der Waals surface area contributed by atoms with Crippen LogP contribution < -0.4 is 5.32 Å². The van der Waals surface area contributed by atoms with Crippen LogP contribution >= 0.6 is 15.9 Å². The van der Waals surface area contributed by atoms with E-state index in [2.05, 4.69) is 26.2 Å². The largest absolute Gasteiger partial charge is 0.465 e. The van der Waals surface area contributed by atoms with E-state index in [1.807, 2.05) is 28.8 Å². The molecule has 0 saturated carbocycles. The van der Waals surface area contributed by atoms with Crippen molar-refractivity contribution in [1.29, 1.82) is 0 Å². The summed E-state index contributed by atoms with van der Waals surface area (Å²) in [6.07, 6.45) is 0.784. The Hall–Kier alpha value is -1.56. The topological polar surface area (TPSA) is 66.6 Å². The van der Waals surface area contributed by atoms with Gasteiger partial charge in [0, 0.05) is 6.20 Å². The zero-order chi connectivity index (χ0) is 12.6. The average Bonchev–Trinajstić information content (AvgIpc) is 2.56. The zero-order valence-corrected chi connectivity index (χ0v) is 11.0. The van der Waals surface area contributed by atoms with Crippen LogP contribution in [-0.2, 0) is 5.54 Å². The highest BCUT2D eigenvalue weighted by Crippen LogP contribution is 2.25. The third-order valence-corrected chi connectivity index (χ3v) is 3.07. The van der Waals surface area contributed by atoms with Gasteiger partial charge in [0.15, 0.2) is 0 Å². The van der Waals surface area contributed by atoms with Gasteiger partial charge in [0.1, 0.15) is 10.4 Å². The molecule has 6 heteroatoms. The van der Waals surface area contributed by atoms with Gasteiger partial charge in [-0.1, -0.05) is 6.07 Å². The summed E-state index contributed by atoms with van der Waals surface area (Å²) in [6.45, 7) is 3.55. The van der Waals surface area contributed by atoms with Gasteiger partial charge in [0.2, 0.25) is 0 Å². The molecule has 0 aliphatic carbocycles. The van der Waals surface area contributed by atoms with Crippen LogP contribution in [-0.4, -0.2) is 20.6 Å². The highest BCUT2D eigenvalue weighted by Gasteiger charge is 2.28. The molecule has 0 aliphatic rings. The van der Waals surface area contributed by atoms with Crippen LogP contribution in [0.5, 0.6) is 0 Å². The maximum absolute atomic E-state index is 10.8. The molecule has 2 aromatic heterocycles. The van der Waals surface area contributed by atoms with Crippen molar-refractivity contribution in [2.75, 3.05) is 0 Å². The molecule has 17 heavy (non-hydrogen) atoms. The van der Waals surface area contributed by atoms with Crippen molar-refractivity contribution in [2.45, 2.75) is 19.4 Å². The Morgan fingerprint density at radius 2 is 2.24 bits per heavy atom. The quantitative estimate of drug-likeness (QED) is 0.895. The van der Waals surface area contributed by atoms with Gasteiger partial charge in [0.05, 0.1) is 11.1 Å². The maximum atomic E-state index is 10.8. The molecule has 0 aromatic carbocycles. The Balaban J connectivity index is 2.59. The normalized spacial score (nSPS) is 11.7. The highest BCUT2D eigenvalue weighted by molar-refractivity contribution is 9.10. The fraction of sp³-hybridized carbons (Fsp3) is 0.273. The summed E-state index contributed by atoms with van der Waals surface area (Å²) in [7, 11) is 0. The van der Waals surface area contributed by atoms with Gasteiger partial charge in [-0.2, -0.15) is 0 Å². The average molecular weight is 298 g/mol. The minimum Gasteiger partial charge on any atom is -0.465 e. The molecule has 2 aromatic rings. The van der Waals surface area contributed by atoms with E-state index >= 15 is 0 Å². The van der Waals surface area contributed by atoms with Crippen LogP contribution in [0.3, 0.4) is 0 Å². The lowest BCUT2D eigenvalue weighted by Gasteiger charge is -2.23. The van der Waals surface area contributed by atoms with Gasteiger partial charge < -0.3 is 14.8 Å². The van der Waals surface area contributed by atoms with Gasteiger partial charge in [-0.25, -0.2) is 9.78 Å². The van der Waals surface area contributed by atoms with E-state index in [1.54, 1.807) is 13.8 Å². The predicted octanol–water partition coefficient (Wildman–Crippen LogP) is 2.60. The second-order valence-electron chi connectivity index (χ2n) is 4.24. The molecule has 0 spiro atoms. The summed E-state index contributed by atoms with van der Waals surface area (Å²) >= 11 is 3.37. The number of carbonyl (C=O) groups is 1. The Morgan fingerprint density at radius 1 is 1.53 bits per heavy atom. The second-order valence-corrected chi connectivity index (χ2v) is 4.99. The predicted molar refractivity (Wildman–Crippen MR) is 67.1 cm³/mol. The third kappa shape index (κ3) is 2.12. The van der Waals surface area contributed by atoms with E-state index in [9.17, 15) is 4.79 Å². The molecule has 2 N–H and O–H groups in total. The van der Waals surface area contributed by atoms with Crippen LogP contribution in [0.25, 0.3) is 5.52 Å². The van der Waals surface area contributed by atoms with Gasteiger partial charge in [-0.15, -0.1) is 0 Å². The van der Waals surface area contributed by atoms with Crippen molar-refractivity contribution in [1.82, 2.24) is 14.7 Å². The first-order valence-electron chi connectivity index (χ1n) is 5.06. The van der Waals surface area contributed by atoms with Crippen LogP contribution in [0.1, 0.15) is 19.7 Å². The lowest BCUT2D eigenvalue weighted by Crippen LogP contribution is -2.41. The first-order valence-corrected chi connectivity index (χ1v) is 5.85. The van der Waals surface area contributed by atoms with Gasteiger partial charge in [-0.3, -0.25) is 0 Å². The number of halogens is 1. The number of aromatic nitrogens is 2. The van der Waals surface area contributed by atoms with Crippen LogP contribution in [0.4, 0.5) is 4.79 Å². The van der Waals surface area contributed by atoms with E-state index in [1.165, 1.54) is 0 Å². The van der Waals surface area contributed by atoms with Crippen LogP contribution in [0, 0.1) is 0 Å². The molecule has 0 saturated heterocycles. The summed E-state index contributed by atoms with van der Waals surface area (Å²) in [5.74, 6) is 0.641.